The smallest absolute Gasteiger partial charge is 0.191 e. The summed E-state index contributed by atoms with van der Waals surface area (Å²) in [5.41, 5.74) is -0.754. The molecule has 1 aliphatic rings. The van der Waals surface area contributed by atoms with Gasteiger partial charge >= 0.3 is 0 Å². The van der Waals surface area contributed by atoms with Gasteiger partial charge in [-0.2, -0.15) is 0 Å². The van der Waals surface area contributed by atoms with Crippen molar-refractivity contribution in [2.75, 3.05) is 20.0 Å². The molecule has 0 radical (unpaired) electrons. The first-order chi connectivity index (χ1) is 16.2. The van der Waals surface area contributed by atoms with Crippen molar-refractivity contribution in [1.82, 2.24) is 0 Å². The van der Waals surface area contributed by atoms with Crippen LogP contribution in [0.1, 0.15) is 72.8 Å². The third-order valence-corrected chi connectivity index (χ3v) is 12.0. The molecule has 198 valence electrons. The molecule has 2 atom stereocenters. The normalized spacial score (nSPS) is 21.7. The highest BCUT2D eigenvalue weighted by Crippen LogP contribution is 2.37. The molecule has 0 bridgehead atoms. The van der Waals surface area contributed by atoms with Gasteiger partial charge in [0.1, 0.15) is 18.0 Å². The third kappa shape index (κ3) is 8.90. The molecule has 1 aromatic rings. The summed E-state index contributed by atoms with van der Waals surface area (Å²) in [5.74, 6) is 0.151. The maximum absolute atomic E-state index is 13.2. The van der Waals surface area contributed by atoms with Crippen LogP contribution in [0.5, 0.6) is 0 Å². The van der Waals surface area contributed by atoms with Gasteiger partial charge in [-0.3, -0.25) is 9.59 Å². The molecule has 0 aromatic heterocycles. The Bertz CT molecular complexity index is 830. The molecule has 1 saturated heterocycles. The largest absolute Gasteiger partial charge is 0.416 e. The van der Waals surface area contributed by atoms with E-state index in [1.807, 2.05) is 37.3 Å². The van der Waals surface area contributed by atoms with E-state index >= 15 is 0 Å². The lowest BCUT2D eigenvalue weighted by molar-refractivity contribution is -0.185. The third-order valence-electron chi connectivity index (χ3n) is 7.47. The number of carbonyl (C=O) groups excluding carboxylic acids is 2. The van der Waals surface area contributed by atoms with E-state index in [1.165, 1.54) is 0 Å². The highest BCUT2D eigenvalue weighted by atomic mass is 28.4. The van der Waals surface area contributed by atoms with Gasteiger partial charge in [-0.05, 0) is 57.3 Å². The molecule has 0 amide bonds. The zero-order chi connectivity index (χ0) is 26.3. The maximum atomic E-state index is 13.2. The number of benzene rings is 1. The Morgan fingerprint density at radius 2 is 1.74 bits per heavy atom. The zero-order valence-corrected chi connectivity index (χ0v) is 24.1. The molecule has 0 N–H and O–H groups in total. The molecule has 6 nitrogen and oxygen atoms in total. The van der Waals surface area contributed by atoms with Crippen molar-refractivity contribution >= 4 is 19.9 Å². The summed E-state index contributed by atoms with van der Waals surface area (Å²) >= 11 is 0. The van der Waals surface area contributed by atoms with Crippen LogP contribution in [0.3, 0.4) is 0 Å². The highest BCUT2D eigenvalue weighted by molar-refractivity contribution is 6.74. The molecule has 0 saturated carbocycles. The van der Waals surface area contributed by atoms with E-state index in [9.17, 15) is 9.59 Å². The lowest BCUT2D eigenvalue weighted by Gasteiger charge is -2.41. The standard InChI is InChI=1S/C28H46O6Si/c1-26(2,3)35(7,8)33-20-23(19-32-21-31-18-22-12-10-9-11-13-22)14-15-25(30)28(6)17-16-24(29)27(4,5)34-28/h9-13,23H,14-21H2,1-8H3/t23-,28+/m1/s1. The van der Waals surface area contributed by atoms with E-state index < -0.39 is 19.5 Å². The Hall–Kier alpha value is -1.38. The van der Waals surface area contributed by atoms with Gasteiger partial charge in [0.05, 0.1) is 13.2 Å². The molecule has 2 rings (SSSR count). The quantitative estimate of drug-likeness (QED) is 0.183. The number of carbonyl (C=O) groups is 2. The van der Waals surface area contributed by atoms with Crippen molar-refractivity contribution < 1.29 is 28.2 Å². The van der Waals surface area contributed by atoms with Gasteiger partial charge in [-0.25, -0.2) is 0 Å². The van der Waals surface area contributed by atoms with E-state index in [-0.39, 0.29) is 29.3 Å². The Kier molecular flexibility index (Phi) is 10.4. The molecule has 35 heavy (non-hydrogen) atoms. The monoisotopic (exact) mass is 506 g/mol. The zero-order valence-electron chi connectivity index (χ0n) is 23.1. The van der Waals surface area contributed by atoms with Gasteiger partial charge in [0.15, 0.2) is 19.9 Å². The Labute approximate surface area is 213 Å². The first-order valence-corrected chi connectivity index (χ1v) is 15.7. The predicted octanol–water partition coefficient (Wildman–Crippen LogP) is 6.08. The first kappa shape index (κ1) is 29.8. The Balaban J connectivity index is 1.92. The minimum Gasteiger partial charge on any atom is -0.416 e. The summed E-state index contributed by atoms with van der Waals surface area (Å²) in [6.45, 7) is 18.1. The summed E-state index contributed by atoms with van der Waals surface area (Å²) in [4.78, 5) is 25.3. The van der Waals surface area contributed by atoms with Gasteiger partial charge in [0.2, 0.25) is 0 Å². The van der Waals surface area contributed by atoms with Crippen LogP contribution >= 0.6 is 0 Å². The van der Waals surface area contributed by atoms with Crippen molar-refractivity contribution in [3.63, 3.8) is 0 Å². The van der Waals surface area contributed by atoms with E-state index in [4.69, 9.17) is 18.6 Å². The molecule has 1 aliphatic heterocycles. The number of ether oxygens (including phenoxy) is 3. The van der Waals surface area contributed by atoms with E-state index in [1.54, 1.807) is 13.8 Å². The molecule has 7 heteroatoms. The minimum atomic E-state index is -1.93. The number of hydrogen-bond acceptors (Lipinski definition) is 6. The molecular weight excluding hydrogens is 460 g/mol. The van der Waals surface area contributed by atoms with E-state index in [0.29, 0.717) is 45.5 Å². The summed E-state index contributed by atoms with van der Waals surface area (Å²) in [7, 11) is -1.93. The fraction of sp³-hybridized carbons (Fsp3) is 0.714. The fourth-order valence-electron chi connectivity index (χ4n) is 3.89. The first-order valence-electron chi connectivity index (χ1n) is 12.8. The van der Waals surface area contributed by atoms with Crippen LogP contribution in [0.2, 0.25) is 18.1 Å². The van der Waals surface area contributed by atoms with Crippen LogP contribution in [-0.4, -0.2) is 51.1 Å². The van der Waals surface area contributed by atoms with Crippen molar-refractivity contribution in [3.8, 4) is 0 Å². The average Bonchev–Trinajstić information content (AvgIpc) is 2.77. The summed E-state index contributed by atoms with van der Waals surface area (Å²) in [6.07, 6.45) is 1.80. The van der Waals surface area contributed by atoms with Crippen molar-refractivity contribution in [1.29, 1.82) is 0 Å². The molecule has 1 heterocycles. The van der Waals surface area contributed by atoms with Gasteiger partial charge in [0, 0.05) is 25.4 Å². The second-order valence-corrected chi connectivity index (χ2v) is 16.8. The number of ketones is 2. The van der Waals surface area contributed by atoms with Crippen molar-refractivity contribution in [2.24, 2.45) is 5.92 Å². The lowest BCUT2D eigenvalue weighted by atomic mass is 9.82. The SMILES string of the molecule is CC1(C)O[C@](C)(C(=O)CC[C@H](COCOCc2ccccc2)CO[Si](C)(C)C(C)(C)C)CCC1=O. The van der Waals surface area contributed by atoms with Gasteiger partial charge in [0.25, 0.3) is 0 Å². The van der Waals surface area contributed by atoms with Gasteiger partial charge in [-0.1, -0.05) is 51.1 Å². The number of Topliss-reactive ketones (excluding diaryl/α,β-unsaturated/α-hetero) is 2. The maximum Gasteiger partial charge on any atom is 0.191 e. The van der Waals surface area contributed by atoms with E-state index in [2.05, 4.69) is 33.9 Å². The molecule has 0 aliphatic carbocycles. The van der Waals surface area contributed by atoms with Crippen LogP contribution < -0.4 is 0 Å². The van der Waals surface area contributed by atoms with Gasteiger partial charge in [-0.15, -0.1) is 0 Å². The number of hydrogen-bond donors (Lipinski definition) is 0. The fourth-order valence-corrected chi connectivity index (χ4v) is 4.97. The van der Waals surface area contributed by atoms with Crippen LogP contribution in [0.15, 0.2) is 30.3 Å². The van der Waals surface area contributed by atoms with Crippen molar-refractivity contribution in [2.45, 2.75) is 103 Å². The molecule has 1 fully saturated rings. The minimum absolute atomic E-state index is 0.0377. The van der Waals surface area contributed by atoms with Crippen LogP contribution in [-0.2, 0) is 34.8 Å². The Morgan fingerprint density at radius 3 is 2.34 bits per heavy atom. The van der Waals surface area contributed by atoms with Crippen molar-refractivity contribution in [3.05, 3.63) is 35.9 Å². The van der Waals surface area contributed by atoms with E-state index in [0.717, 1.165) is 5.56 Å². The second-order valence-electron chi connectivity index (χ2n) is 12.0. The highest BCUT2D eigenvalue weighted by Gasteiger charge is 2.46. The van der Waals surface area contributed by atoms with Crippen LogP contribution in [0.4, 0.5) is 0 Å². The lowest BCUT2D eigenvalue weighted by Crippen LogP contribution is -2.53. The average molecular weight is 507 g/mol. The summed E-state index contributed by atoms with van der Waals surface area (Å²) < 4.78 is 24.0. The summed E-state index contributed by atoms with van der Waals surface area (Å²) in [6, 6.07) is 9.98. The second kappa shape index (κ2) is 12.2. The summed E-state index contributed by atoms with van der Waals surface area (Å²) in [5, 5.41) is 0.106. The van der Waals surface area contributed by atoms with Gasteiger partial charge < -0.3 is 18.6 Å². The predicted molar refractivity (Wildman–Crippen MR) is 141 cm³/mol. The molecule has 1 aromatic carbocycles. The number of rotatable bonds is 13. The molecular formula is C28H46O6Si. The topological polar surface area (TPSA) is 71.1 Å². The molecule has 0 spiro atoms. The van der Waals surface area contributed by atoms with Crippen LogP contribution in [0, 0.1) is 5.92 Å². The Morgan fingerprint density at radius 1 is 1.09 bits per heavy atom. The molecule has 0 unspecified atom stereocenters. The van der Waals surface area contributed by atoms with Crippen LogP contribution in [0.25, 0.3) is 0 Å².